The van der Waals surface area contributed by atoms with Gasteiger partial charge in [-0.25, -0.2) is 8.42 Å². The Morgan fingerprint density at radius 1 is 1.20 bits per heavy atom. The summed E-state index contributed by atoms with van der Waals surface area (Å²) in [5.74, 6) is 0. The first-order valence-electron chi connectivity index (χ1n) is 6.46. The van der Waals surface area contributed by atoms with E-state index in [-0.39, 0.29) is 6.10 Å². The lowest BCUT2D eigenvalue weighted by Crippen LogP contribution is -2.27. The molecule has 2 aliphatic rings. The number of nitrogens with zero attached hydrogens (tertiary/aromatic N) is 1. The molecule has 0 unspecified atom stereocenters. The molecule has 1 saturated heterocycles. The van der Waals surface area contributed by atoms with Gasteiger partial charge in [0.15, 0.2) is 0 Å². The molecule has 1 fully saturated rings. The van der Waals surface area contributed by atoms with Crippen LogP contribution in [0.3, 0.4) is 0 Å². The Kier molecular flexibility index (Phi) is 3.85. The van der Waals surface area contributed by atoms with E-state index >= 15 is 0 Å². The second-order valence-electron chi connectivity index (χ2n) is 4.84. The highest BCUT2D eigenvalue weighted by Crippen LogP contribution is 2.28. The Balaban J connectivity index is 1.82. The Bertz CT molecular complexity index is 622. The van der Waals surface area contributed by atoms with E-state index < -0.39 is 10.0 Å². The normalized spacial score (nSPS) is 23.6. The molecule has 0 radical (unpaired) electrons. The van der Waals surface area contributed by atoms with E-state index in [1.54, 1.807) is 28.6 Å². The molecule has 0 saturated carbocycles. The van der Waals surface area contributed by atoms with Crippen molar-refractivity contribution in [2.75, 3.05) is 13.1 Å². The topological polar surface area (TPSA) is 58.6 Å². The maximum Gasteiger partial charge on any atom is 0.243 e. The third kappa shape index (κ3) is 2.63. The van der Waals surface area contributed by atoms with E-state index in [0.29, 0.717) is 18.0 Å². The van der Waals surface area contributed by atoms with Crippen LogP contribution in [0.25, 0.3) is 0 Å². The third-order valence-electron chi connectivity index (χ3n) is 3.49. The first-order valence-corrected chi connectivity index (χ1v) is 8.70. The van der Waals surface area contributed by atoms with Crippen LogP contribution in [0.1, 0.15) is 24.5 Å². The van der Waals surface area contributed by atoms with Crippen LogP contribution in [0.4, 0.5) is 0 Å². The van der Waals surface area contributed by atoms with Gasteiger partial charge in [-0.05, 0) is 52.5 Å². The predicted octanol–water partition coefficient (Wildman–Crippen LogP) is 2.28. The van der Waals surface area contributed by atoms with Gasteiger partial charge in [0.1, 0.15) is 10.7 Å². The van der Waals surface area contributed by atoms with E-state index in [1.165, 1.54) is 0 Å². The maximum absolute atomic E-state index is 12.4. The zero-order chi connectivity index (χ0) is 14.2. The van der Waals surface area contributed by atoms with Crippen molar-refractivity contribution in [2.45, 2.75) is 23.8 Å². The SMILES string of the molecule is O=S(=O)(c1ccc([C@H]2C=C(Br)NO2)cc1)N1CCCC1. The second kappa shape index (κ2) is 5.48. The molecule has 0 spiro atoms. The smallest absolute Gasteiger partial charge is 0.243 e. The lowest BCUT2D eigenvalue weighted by Gasteiger charge is -2.16. The number of hydrogen-bond donors (Lipinski definition) is 1. The van der Waals surface area contributed by atoms with Gasteiger partial charge in [-0.1, -0.05) is 12.1 Å². The molecule has 20 heavy (non-hydrogen) atoms. The first-order chi connectivity index (χ1) is 9.57. The summed E-state index contributed by atoms with van der Waals surface area (Å²) in [6, 6.07) is 6.87. The summed E-state index contributed by atoms with van der Waals surface area (Å²) in [5, 5.41) is 0. The van der Waals surface area contributed by atoms with Gasteiger partial charge in [0.25, 0.3) is 0 Å². The fourth-order valence-electron chi connectivity index (χ4n) is 2.39. The molecule has 0 bridgehead atoms. The lowest BCUT2D eigenvalue weighted by molar-refractivity contribution is 0.0457. The quantitative estimate of drug-likeness (QED) is 0.842. The van der Waals surface area contributed by atoms with Crippen molar-refractivity contribution in [3.8, 4) is 0 Å². The van der Waals surface area contributed by atoms with Crippen molar-refractivity contribution in [1.82, 2.24) is 9.79 Å². The molecular weight excluding hydrogens is 344 g/mol. The molecule has 1 aromatic carbocycles. The fraction of sp³-hybridized carbons (Fsp3) is 0.385. The molecule has 1 atom stereocenters. The number of sulfonamides is 1. The van der Waals surface area contributed by atoms with Crippen LogP contribution in [0.2, 0.25) is 0 Å². The van der Waals surface area contributed by atoms with Crippen LogP contribution in [0.15, 0.2) is 39.8 Å². The van der Waals surface area contributed by atoms with Crippen LogP contribution in [-0.4, -0.2) is 25.8 Å². The highest BCUT2D eigenvalue weighted by Gasteiger charge is 2.27. The molecule has 1 aromatic rings. The summed E-state index contributed by atoms with van der Waals surface area (Å²) < 4.78 is 27.1. The average Bonchev–Trinajstić information content (AvgIpc) is 3.10. The number of halogens is 1. The molecule has 0 aliphatic carbocycles. The molecule has 2 heterocycles. The van der Waals surface area contributed by atoms with E-state index in [4.69, 9.17) is 4.84 Å². The minimum Gasteiger partial charge on any atom is -0.263 e. The van der Waals surface area contributed by atoms with Gasteiger partial charge in [0.2, 0.25) is 10.0 Å². The van der Waals surface area contributed by atoms with Gasteiger partial charge in [0.05, 0.1) is 4.90 Å². The van der Waals surface area contributed by atoms with Crippen molar-refractivity contribution < 1.29 is 13.3 Å². The standard InChI is InChI=1S/C13H15BrN2O3S/c14-13-9-12(19-15-13)10-3-5-11(6-4-10)20(17,18)16-7-1-2-8-16/h3-6,9,12,15H,1-2,7-8H2/t12-/m1/s1. The summed E-state index contributed by atoms with van der Waals surface area (Å²) >= 11 is 3.29. The highest BCUT2D eigenvalue weighted by atomic mass is 79.9. The largest absolute Gasteiger partial charge is 0.263 e. The molecule has 2 aliphatic heterocycles. The Hall–Kier alpha value is -0.890. The number of nitrogens with one attached hydrogen (secondary N) is 1. The number of hydroxylamine groups is 1. The number of hydrogen-bond acceptors (Lipinski definition) is 4. The molecule has 108 valence electrons. The summed E-state index contributed by atoms with van der Waals surface area (Å²) in [6.45, 7) is 1.24. The van der Waals surface area contributed by atoms with Gasteiger partial charge in [0, 0.05) is 13.1 Å². The molecule has 0 aromatic heterocycles. The van der Waals surface area contributed by atoms with E-state index in [0.717, 1.165) is 23.0 Å². The van der Waals surface area contributed by atoms with Crippen LogP contribution in [-0.2, 0) is 14.9 Å². The summed E-state index contributed by atoms with van der Waals surface area (Å²) in [4.78, 5) is 5.67. The van der Waals surface area contributed by atoms with Crippen LogP contribution in [0, 0.1) is 0 Å². The average molecular weight is 359 g/mol. The molecule has 3 rings (SSSR count). The van der Waals surface area contributed by atoms with E-state index in [9.17, 15) is 8.42 Å². The zero-order valence-corrected chi connectivity index (χ0v) is 13.2. The van der Waals surface area contributed by atoms with Crippen molar-refractivity contribution in [2.24, 2.45) is 0 Å². The van der Waals surface area contributed by atoms with Crippen molar-refractivity contribution in [1.29, 1.82) is 0 Å². The fourth-order valence-corrected chi connectivity index (χ4v) is 4.24. The van der Waals surface area contributed by atoms with Gasteiger partial charge < -0.3 is 0 Å². The highest BCUT2D eigenvalue weighted by molar-refractivity contribution is 9.11. The predicted molar refractivity (Wildman–Crippen MR) is 78.4 cm³/mol. The second-order valence-corrected chi connectivity index (χ2v) is 7.63. The molecule has 1 N–H and O–H groups in total. The Labute approximate surface area is 126 Å². The zero-order valence-electron chi connectivity index (χ0n) is 10.8. The van der Waals surface area contributed by atoms with Crippen molar-refractivity contribution in [3.05, 3.63) is 40.5 Å². The van der Waals surface area contributed by atoms with Crippen molar-refractivity contribution in [3.63, 3.8) is 0 Å². The number of benzene rings is 1. The van der Waals surface area contributed by atoms with Gasteiger partial charge in [-0.2, -0.15) is 4.31 Å². The summed E-state index contributed by atoms with van der Waals surface area (Å²) in [7, 11) is -3.34. The lowest BCUT2D eigenvalue weighted by atomic mass is 10.1. The van der Waals surface area contributed by atoms with Crippen LogP contribution in [0.5, 0.6) is 0 Å². The van der Waals surface area contributed by atoms with E-state index in [1.807, 2.05) is 6.08 Å². The molecule has 0 amide bonds. The molecule has 7 heteroatoms. The summed E-state index contributed by atoms with van der Waals surface area (Å²) in [6.07, 6.45) is 3.56. The van der Waals surface area contributed by atoms with Gasteiger partial charge in [-0.3, -0.25) is 10.3 Å². The Morgan fingerprint density at radius 3 is 2.40 bits per heavy atom. The first kappa shape index (κ1) is 14.1. The minimum absolute atomic E-state index is 0.201. The van der Waals surface area contributed by atoms with Crippen LogP contribution >= 0.6 is 15.9 Å². The molecular formula is C13H15BrN2O3S. The third-order valence-corrected chi connectivity index (χ3v) is 5.83. The van der Waals surface area contributed by atoms with Crippen molar-refractivity contribution >= 4 is 26.0 Å². The molecule has 5 nitrogen and oxygen atoms in total. The summed E-state index contributed by atoms with van der Waals surface area (Å²) in [5.41, 5.74) is 3.62. The Morgan fingerprint density at radius 2 is 1.85 bits per heavy atom. The van der Waals surface area contributed by atoms with Gasteiger partial charge in [-0.15, -0.1) is 0 Å². The monoisotopic (exact) mass is 358 g/mol. The van der Waals surface area contributed by atoms with E-state index in [2.05, 4.69) is 21.4 Å². The van der Waals surface area contributed by atoms with Gasteiger partial charge >= 0.3 is 0 Å². The minimum atomic E-state index is -3.34. The van der Waals surface area contributed by atoms with Crippen LogP contribution < -0.4 is 5.48 Å². The number of rotatable bonds is 3. The maximum atomic E-state index is 12.4.